The summed E-state index contributed by atoms with van der Waals surface area (Å²) in [5.41, 5.74) is 5.95. The number of anilines is 2. The van der Waals surface area contributed by atoms with Crippen LogP contribution in [0.3, 0.4) is 0 Å². The standard InChI is InChI=1S/C27H26N8O2/c1-34-21(15-23(33-34)19-3-2-9-28-17-19)16-24(36)30-20-6-4-18(5-7-20)26-31-22-8-10-29-27(25(22)32-26)35-11-13-37-14-12-35/h2-10,15,17H,11-14,16H2,1H3,(H,30,36)(H,31,32). The summed E-state index contributed by atoms with van der Waals surface area (Å²) in [6, 6.07) is 15.3. The number of ether oxygens (including phenoxy) is 1. The molecule has 0 radical (unpaired) electrons. The van der Waals surface area contributed by atoms with Gasteiger partial charge in [-0.2, -0.15) is 5.10 Å². The molecule has 0 unspecified atom stereocenters. The van der Waals surface area contributed by atoms with Crippen LogP contribution in [0.4, 0.5) is 11.5 Å². The van der Waals surface area contributed by atoms with E-state index >= 15 is 0 Å². The average molecular weight is 495 g/mol. The molecule has 0 atom stereocenters. The molecule has 1 fully saturated rings. The van der Waals surface area contributed by atoms with Crippen molar-refractivity contribution in [3.63, 3.8) is 0 Å². The number of amides is 1. The van der Waals surface area contributed by atoms with E-state index in [2.05, 4.69) is 30.3 Å². The summed E-state index contributed by atoms with van der Waals surface area (Å²) < 4.78 is 7.20. The topological polar surface area (TPSA) is 114 Å². The minimum atomic E-state index is -0.113. The highest BCUT2D eigenvalue weighted by molar-refractivity contribution is 5.93. The van der Waals surface area contributed by atoms with Crippen LogP contribution in [0.1, 0.15) is 5.69 Å². The number of fused-ring (bicyclic) bond motifs is 1. The summed E-state index contributed by atoms with van der Waals surface area (Å²) in [5.74, 6) is 1.51. The number of rotatable bonds is 6. The lowest BCUT2D eigenvalue weighted by Crippen LogP contribution is -2.36. The van der Waals surface area contributed by atoms with Gasteiger partial charge in [-0.3, -0.25) is 14.5 Å². The molecule has 5 heterocycles. The van der Waals surface area contributed by atoms with E-state index in [0.29, 0.717) is 13.2 Å². The molecule has 10 nitrogen and oxygen atoms in total. The number of hydrogen-bond acceptors (Lipinski definition) is 7. The highest BCUT2D eigenvalue weighted by atomic mass is 16.5. The van der Waals surface area contributed by atoms with Gasteiger partial charge in [-0.1, -0.05) is 0 Å². The van der Waals surface area contributed by atoms with Crippen molar-refractivity contribution in [3.8, 4) is 22.6 Å². The van der Waals surface area contributed by atoms with E-state index in [9.17, 15) is 4.79 Å². The van der Waals surface area contributed by atoms with E-state index in [1.807, 2.05) is 55.6 Å². The fraction of sp³-hybridized carbons (Fsp3) is 0.222. The molecular weight excluding hydrogens is 468 g/mol. The summed E-state index contributed by atoms with van der Waals surface area (Å²) in [5, 5.41) is 7.49. The van der Waals surface area contributed by atoms with Gasteiger partial charge in [0, 0.05) is 61.2 Å². The molecule has 10 heteroatoms. The zero-order valence-electron chi connectivity index (χ0n) is 20.4. The molecule has 0 bridgehead atoms. The third kappa shape index (κ3) is 4.78. The van der Waals surface area contributed by atoms with E-state index in [1.54, 1.807) is 23.3 Å². The van der Waals surface area contributed by atoms with Gasteiger partial charge in [0.15, 0.2) is 5.82 Å². The van der Waals surface area contributed by atoms with Crippen LogP contribution < -0.4 is 10.2 Å². The molecule has 37 heavy (non-hydrogen) atoms. The fourth-order valence-electron chi connectivity index (χ4n) is 4.47. The Morgan fingerprint density at radius 1 is 1.08 bits per heavy atom. The minimum Gasteiger partial charge on any atom is -0.378 e. The lowest BCUT2D eigenvalue weighted by molar-refractivity contribution is -0.115. The van der Waals surface area contributed by atoms with Gasteiger partial charge in [-0.15, -0.1) is 0 Å². The van der Waals surface area contributed by atoms with Crippen LogP contribution in [0, 0.1) is 0 Å². The van der Waals surface area contributed by atoms with Gasteiger partial charge in [0.25, 0.3) is 0 Å². The number of hydrogen-bond donors (Lipinski definition) is 2. The molecule has 6 rings (SSSR count). The summed E-state index contributed by atoms with van der Waals surface area (Å²) >= 11 is 0. The number of carbonyl (C=O) groups excluding carboxylic acids is 1. The number of benzene rings is 1. The van der Waals surface area contributed by atoms with E-state index in [0.717, 1.165) is 64.0 Å². The number of aryl methyl sites for hydroxylation is 1. The van der Waals surface area contributed by atoms with Crippen molar-refractivity contribution >= 4 is 28.4 Å². The molecule has 0 saturated carbocycles. The number of aromatic nitrogens is 6. The molecule has 5 aromatic rings. The first kappa shape index (κ1) is 22.9. The van der Waals surface area contributed by atoms with Crippen molar-refractivity contribution in [2.24, 2.45) is 7.05 Å². The zero-order chi connectivity index (χ0) is 25.2. The Kier molecular flexibility index (Phi) is 6.07. The van der Waals surface area contributed by atoms with Gasteiger partial charge in [0.1, 0.15) is 11.3 Å². The Bertz CT molecular complexity index is 1540. The summed E-state index contributed by atoms with van der Waals surface area (Å²) in [6.07, 6.45) is 5.50. The predicted molar refractivity (Wildman–Crippen MR) is 141 cm³/mol. The molecular formula is C27H26N8O2. The van der Waals surface area contributed by atoms with Crippen molar-refractivity contribution in [2.75, 3.05) is 36.5 Å². The minimum absolute atomic E-state index is 0.113. The van der Waals surface area contributed by atoms with Crippen molar-refractivity contribution in [1.29, 1.82) is 0 Å². The molecule has 1 saturated heterocycles. The van der Waals surface area contributed by atoms with Gasteiger partial charge in [0.05, 0.1) is 30.8 Å². The van der Waals surface area contributed by atoms with Crippen LogP contribution >= 0.6 is 0 Å². The van der Waals surface area contributed by atoms with Crippen molar-refractivity contribution in [1.82, 2.24) is 29.7 Å². The predicted octanol–water partition coefficient (Wildman–Crippen LogP) is 3.44. The molecule has 1 aliphatic heterocycles. The first-order valence-corrected chi connectivity index (χ1v) is 12.1. The number of H-pyrrole nitrogens is 1. The van der Waals surface area contributed by atoms with Crippen LogP contribution in [-0.2, 0) is 23.0 Å². The summed E-state index contributed by atoms with van der Waals surface area (Å²) in [7, 11) is 1.84. The second-order valence-corrected chi connectivity index (χ2v) is 8.90. The molecule has 2 N–H and O–H groups in total. The van der Waals surface area contributed by atoms with Gasteiger partial charge < -0.3 is 19.9 Å². The second-order valence-electron chi connectivity index (χ2n) is 8.90. The zero-order valence-corrected chi connectivity index (χ0v) is 20.4. The number of morpholine rings is 1. The maximum absolute atomic E-state index is 12.7. The van der Waals surface area contributed by atoms with Crippen molar-refractivity contribution < 1.29 is 9.53 Å². The van der Waals surface area contributed by atoms with Crippen LogP contribution in [0.2, 0.25) is 0 Å². The lowest BCUT2D eigenvalue weighted by atomic mass is 10.1. The second kappa shape index (κ2) is 9.82. The molecule has 1 aromatic carbocycles. The molecule has 186 valence electrons. The Morgan fingerprint density at radius 2 is 1.92 bits per heavy atom. The largest absolute Gasteiger partial charge is 0.378 e. The number of imidazole rings is 1. The Labute approximate surface area is 213 Å². The Morgan fingerprint density at radius 3 is 2.70 bits per heavy atom. The smallest absolute Gasteiger partial charge is 0.230 e. The highest BCUT2D eigenvalue weighted by Gasteiger charge is 2.18. The number of nitrogens with zero attached hydrogens (tertiary/aromatic N) is 6. The SMILES string of the molecule is Cn1nc(-c2cccnc2)cc1CC(=O)Nc1ccc(-c2nc3c(N4CCOCC4)nccc3[nH]2)cc1. The van der Waals surface area contributed by atoms with E-state index in [4.69, 9.17) is 9.72 Å². The molecule has 1 aliphatic rings. The highest BCUT2D eigenvalue weighted by Crippen LogP contribution is 2.27. The maximum Gasteiger partial charge on any atom is 0.230 e. The molecule has 4 aromatic heterocycles. The van der Waals surface area contributed by atoms with Crippen molar-refractivity contribution in [3.05, 3.63) is 72.8 Å². The fourth-order valence-corrected chi connectivity index (χ4v) is 4.47. The first-order valence-electron chi connectivity index (χ1n) is 12.1. The van der Waals surface area contributed by atoms with Crippen LogP contribution in [-0.4, -0.2) is 61.9 Å². The van der Waals surface area contributed by atoms with Gasteiger partial charge in [0.2, 0.25) is 5.91 Å². The normalized spacial score (nSPS) is 13.7. The third-order valence-electron chi connectivity index (χ3n) is 6.41. The quantitative estimate of drug-likeness (QED) is 0.372. The van der Waals surface area contributed by atoms with Crippen molar-refractivity contribution in [2.45, 2.75) is 6.42 Å². The summed E-state index contributed by atoms with van der Waals surface area (Å²) in [4.78, 5) is 31.9. The van der Waals surface area contributed by atoms with E-state index < -0.39 is 0 Å². The monoisotopic (exact) mass is 494 g/mol. The number of pyridine rings is 2. The molecule has 0 aliphatic carbocycles. The first-order chi connectivity index (χ1) is 18.1. The average Bonchev–Trinajstić information content (AvgIpc) is 3.53. The van der Waals surface area contributed by atoms with E-state index in [-0.39, 0.29) is 12.3 Å². The molecule has 0 spiro atoms. The van der Waals surface area contributed by atoms with Crippen LogP contribution in [0.5, 0.6) is 0 Å². The Hall–Kier alpha value is -4.57. The number of aromatic amines is 1. The van der Waals surface area contributed by atoms with Crippen LogP contribution in [0.15, 0.2) is 67.1 Å². The Balaban J connectivity index is 1.15. The maximum atomic E-state index is 12.7. The van der Waals surface area contributed by atoms with E-state index in [1.165, 1.54) is 0 Å². The van der Waals surface area contributed by atoms with Crippen LogP contribution in [0.25, 0.3) is 33.7 Å². The number of carbonyl (C=O) groups is 1. The van der Waals surface area contributed by atoms with Gasteiger partial charge >= 0.3 is 0 Å². The van der Waals surface area contributed by atoms with Gasteiger partial charge in [-0.05, 0) is 48.5 Å². The van der Waals surface area contributed by atoms with Gasteiger partial charge in [-0.25, -0.2) is 9.97 Å². The number of nitrogens with one attached hydrogen (secondary N) is 2. The summed E-state index contributed by atoms with van der Waals surface area (Å²) in [6.45, 7) is 2.97. The lowest BCUT2D eigenvalue weighted by Gasteiger charge is -2.27. The third-order valence-corrected chi connectivity index (χ3v) is 6.41. The molecule has 1 amide bonds.